The molecule has 6 heteroatoms. The lowest BCUT2D eigenvalue weighted by Gasteiger charge is -2.32. The van der Waals surface area contributed by atoms with Gasteiger partial charge in [-0.05, 0) is 43.4 Å². The molecule has 1 atom stereocenters. The minimum Gasteiger partial charge on any atom is -0.387 e. The number of hydrogen-bond acceptors (Lipinski definition) is 4. The fourth-order valence-corrected chi connectivity index (χ4v) is 2.85. The lowest BCUT2D eigenvalue weighted by molar-refractivity contribution is 0.0805. The van der Waals surface area contributed by atoms with Crippen LogP contribution in [-0.4, -0.2) is 35.9 Å². The highest BCUT2D eigenvalue weighted by atomic mass is 32.2. The summed E-state index contributed by atoms with van der Waals surface area (Å²) in [5, 5.41) is 13.7. The van der Waals surface area contributed by atoms with Gasteiger partial charge in [0.15, 0.2) is 0 Å². The third kappa shape index (κ3) is 6.59. The molecular weight excluding hydrogens is 314 g/mol. The van der Waals surface area contributed by atoms with E-state index >= 15 is 0 Å². The summed E-state index contributed by atoms with van der Waals surface area (Å²) in [6.45, 7) is 10.5. The van der Waals surface area contributed by atoms with Gasteiger partial charge in [0.1, 0.15) is 0 Å². The second-order valence-corrected chi connectivity index (χ2v) is 9.13. The van der Waals surface area contributed by atoms with Gasteiger partial charge in [-0.1, -0.05) is 45.0 Å². The van der Waals surface area contributed by atoms with Crippen molar-refractivity contribution in [3.8, 4) is 0 Å². The third-order valence-corrected chi connectivity index (χ3v) is 4.74. The van der Waals surface area contributed by atoms with E-state index in [9.17, 15) is 13.5 Å². The largest absolute Gasteiger partial charge is 0.387 e. The second kappa shape index (κ2) is 7.30. The van der Waals surface area contributed by atoms with Gasteiger partial charge in [0.05, 0.1) is 11.9 Å². The molecule has 0 heterocycles. The number of hydrogen-bond donors (Lipinski definition) is 3. The van der Waals surface area contributed by atoms with Crippen LogP contribution in [0.15, 0.2) is 24.3 Å². The first-order chi connectivity index (χ1) is 10.3. The maximum atomic E-state index is 10.7. The Kier molecular flexibility index (Phi) is 6.38. The molecule has 5 nitrogen and oxygen atoms in total. The normalized spacial score (nSPS) is 14.7. The van der Waals surface area contributed by atoms with Gasteiger partial charge in [0, 0.05) is 5.54 Å². The molecule has 0 aromatic heterocycles. The summed E-state index contributed by atoms with van der Waals surface area (Å²) < 4.78 is 30.1. The molecule has 1 unspecified atom stereocenters. The summed E-state index contributed by atoms with van der Waals surface area (Å²) >= 11 is 0. The van der Waals surface area contributed by atoms with E-state index in [-0.39, 0.29) is 17.6 Å². The minimum atomic E-state index is -3.94. The maximum Gasteiger partial charge on any atom is 0.264 e. The highest BCUT2D eigenvalue weighted by Crippen LogP contribution is 2.28. The van der Waals surface area contributed by atoms with Crippen molar-refractivity contribution in [3.05, 3.63) is 35.4 Å². The van der Waals surface area contributed by atoms with Gasteiger partial charge in [0.25, 0.3) is 10.1 Å². The topological polar surface area (TPSA) is 86.6 Å². The SMILES string of the molecule is CC(C)(C)c1ccc(C(O)C(C)(C)NCCCS(=O)(=O)O)cc1. The lowest BCUT2D eigenvalue weighted by atomic mass is 9.84. The zero-order valence-corrected chi connectivity index (χ0v) is 15.4. The molecule has 0 aliphatic rings. The van der Waals surface area contributed by atoms with Crippen LogP contribution in [0.1, 0.15) is 58.3 Å². The second-order valence-electron chi connectivity index (χ2n) is 7.56. The van der Waals surface area contributed by atoms with Crippen LogP contribution < -0.4 is 5.32 Å². The Morgan fingerprint density at radius 2 is 1.61 bits per heavy atom. The van der Waals surface area contributed by atoms with Crippen LogP contribution in [0.4, 0.5) is 0 Å². The van der Waals surface area contributed by atoms with Crippen molar-refractivity contribution in [2.45, 2.75) is 58.1 Å². The standard InChI is InChI=1S/C17H29NO4S/c1-16(2,3)14-9-7-13(8-10-14)15(19)17(4,5)18-11-6-12-23(20,21)22/h7-10,15,18-19H,6,11-12H2,1-5H3,(H,20,21,22). The van der Waals surface area contributed by atoms with Gasteiger partial charge < -0.3 is 10.4 Å². The van der Waals surface area contributed by atoms with Crippen molar-refractivity contribution in [2.24, 2.45) is 0 Å². The van der Waals surface area contributed by atoms with E-state index in [1.165, 1.54) is 5.56 Å². The van der Waals surface area contributed by atoms with Crippen LogP contribution >= 0.6 is 0 Å². The first kappa shape index (κ1) is 20.1. The summed E-state index contributed by atoms with van der Waals surface area (Å²) in [4.78, 5) is 0. The Hall–Kier alpha value is -0.950. The van der Waals surface area contributed by atoms with Crippen LogP contribution in [0.3, 0.4) is 0 Å². The van der Waals surface area contributed by atoms with E-state index in [2.05, 4.69) is 26.1 Å². The van der Waals surface area contributed by atoms with Crippen LogP contribution in [0.2, 0.25) is 0 Å². The van der Waals surface area contributed by atoms with E-state index in [0.29, 0.717) is 6.54 Å². The quantitative estimate of drug-likeness (QED) is 0.523. The molecular formula is C17H29NO4S. The third-order valence-electron chi connectivity index (χ3n) is 3.94. The van der Waals surface area contributed by atoms with E-state index in [4.69, 9.17) is 4.55 Å². The highest BCUT2D eigenvalue weighted by Gasteiger charge is 2.28. The van der Waals surface area contributed by atoms with Crippen molar-refractivity contribution < 1.29 is 18.1 Å². The molecule has 0 aliphatic carbocycles. The number of aliphatic hydroxyl groups excluding tert-OH is 1. The number of benzene rings is 1. The minimum absolute atomic E-state index is 0.0625. The molecule has 1 aromatic rings. The molecule has 0 radical (unpaired) electrons. The zero-order valence-electron chi connectivity index (χ0n) is 14.6. The Morgan fingerprint density at radius 3 is 2.04 bits per heavy atom. The van der Waals surface area contributed by atoms with Crippen LogP contribution in [0, 0.1) is 0 Å². The molecule has 0 bridgehead atoms. The molecule has 0 saturated heterocycles. The number of nitrogens with one attached hydrogen (secondary N) is 1. The van der Waals surface area contributed by atoms with Crippen LogP contribution in [-0.2, 0) is 15.5 Å². The predicted molar refractivity (Wildman–Crippen MR) is 93.2 cm³/mol. The van der Waals surface area contributed by atoms with Crippen LogP contribution in [0.5, 0.6) is 0 Å². The maximum absolute atomic E-state index is 10.7. The van der Waals surface area contributed by atoms with Gasteiger partial charge in [0.2, 0.25) is 0 Å². The van der Waals surface area contributed by atoms with Gasteiger partial charge in [-0.3, -0.25) is 4.55 Å². The number of rotatable bonds is 7. The van der Waals surface area contributed by atoms with E-state index in [0.717, 1.165) is 5.56 Å². The Morgan fingerprint density at radius 1 is 1.09 bits per heavy atom. The molecule has 0 aliphatic heterocycles. The summed E-state index contributed by atoms with van der Waals surface area (Å²) in [5.41, 5.74) is 1.47. The van der Waals surface area contributed by atoms with Crippen molar-refractivity contribution in [1.29, 1.82) is 0 Å². The summed E-state index contributed by atoms with van der Waals surface area (Å²) in [7, 11) is -3.94. The van der Waals surface area contributed by atoms with E-state index in [1.807, 2.05) is 38.1 Å². The number of aliphatic hydroxyl groups is 1. The monoisotopic (exact) mass is 343 g/mol. The molecule has 3 N–H and O–H groups in total. The zero-order chi connectivity index (χ0) is 17.9. The van der Waals surface area contributed by atoms with Crippen molar-refractivity contribution in [1.82, 2.24) is 5.32 Å². The fourth-order valence-electron chi connectivity index (χ4n) is 2.34. The van der Waals surface area contributed by atoms with Gasteiger partial charge >= 0.3 is 0 Å². The summed E-state index contributed by atoms with van der Waals surface area (Å²) in [6, 6.07) is 7.89. The molecule has 132 valence electrons. The smallest absolute Gasteiger partial charge is 0.264 e. The highest BCUT2D eigenvalue weighted by molar-refractivity contribution is 7.85. The average Bonchev–Trinajstić information content (AvgIpc) is 2.41. The summed E-state index contributed by atoms with van der Waals surface area (Å²) in [6.07, 6.45) is -0.431. The van der Waals surface area contributed by atoms with Crippen LogP contribution in [0.25, 0.3) is 0 Å². The molecule has 0 fully saturated rings. The van der Waals surface area contributed by atoms with Crippen molar-refractivity contribution in [2.75, 3.05) is 12.3 Å². The Balaban J connectivity index is 2.68. The average molecular weight is 343 g/mol. The van der Waals surface area contributed by atoms with Gasteiger partial charge in [-0.15, -0.1) is 0 Å². The first-order valence-electron chi connectivity index (χ1n) is 7.82. The lowest BCUT2D eigenvalue weighted by Crippen LogP contribution is -2.45. The fraction of sp³-hybridized carbons (Fsp3) is 0.647. The van der Waals surface area contributed by atoms with Crippen molar-refractivity contribution in [3.63, 3.8) is 0 Å². The molecule has 1 rings (SSSR count). The molecule has 0 amide bonds. The molecule has 1 aromatic carbocycles. The Labute approximate surface area is 139 Å². The molecule has 0 saturated carbocycles. The Bertz CT molecular complexity index is 600. The summed E-state index contributed by atoms with van der Waals surface area (Å²) in [5.74, 6) is -0.285. The first-order valence-corrected chi connectivity index (χ1v) is 9.42. The van der Waals surface area contributed by atoms with E-state index in [1.54, 1.807) is 0 Å². The van der Waals surface area contributed by atoms with E-state index < -0.39 is 21.8 Å². The van der Waals surface area contributed by atoms with Gasteiger partial charge in [-0.2, -0.15) is 8.42 Å². The molecule has 23 heavy (non-hydrogen) atoms. The van der Waals surface area contributed by atoms with Gasteiger partial charge in [-0.25, -0.2) is 0 Å². The predicted octanol–water partition coefficient (Wildman–Crippen LogP) is 2.66. The van der Waals surface area contributed by atoms with Crippen molar-refractivity contribution >= 4 is 10.1 Å². The molecule has 0 spiro atoms.